The quantitative estimate of drug-likeness (QED) is 0.697. The van der Waals surface area contributed by atoms with Gasteiger partial charge in [-0.1, -0.05) is 27.7 Å². The van der Waals surface area contributed by atoms with Crippen LogP contribution in [0.4, 0.5) is 11.4 Å². The highest BCUT2D eigenvalue weighted by Crippen LogP contribution is 2.23. The van der Waals surface area contributed by atoms with E-state index in [1.807, 2.05) is 7.05 Å². The fourth-order valence-corrected chi connectivity index (χ4v) is 2.27. The van der Waals surface area contributed by atoms with Gasteiger partial charge in [0.2, 0.25) is 0 Å². The second-order valence-corrected chi connectivity index (χ2v) is 6.19. The van der Waals surface area contributed by atoms with Crippen LogP contribution in [0.2, 0.25) is 0 Å². The highest BCUT2D eigenvalue weighted by atomic mass is 15.1. The van der Waals surface area contributed by atoms with Crippen molar-refractivity contribution >= 4 is 17.6 Å². The molecule has 1 aromatic rings. The monoisotopic (exact) mass is 275 g/mol. The zero-order chi connectivity index (χ0) is 15.1. The third-order valence-corrected chi connectivity index (χ3v) is 3.39. The van der Waals surface area contributed by atoms with Crippen molar-refractivity contribution in [2.75, 3.05) is 30.4 Å². The van der Waals surface area contributed by atoms with Gasteiger partial charge in [-0.15, -0.1) is 0 Å². The molecule has 0 bridgehead atoms. The minimum Gasteiger partial charge on any atom is -0.388 e. The summed E-state index contributed by atoms with van der Waals surface area (Å²) in [7, 11) is 1.90. The Morgan fingerprint density at radius 2 is 1.90 bits per heavy atom. The van der Waals surface area contributed by atoms with Crippen LogP contribution in [0.1, 0.15) is 39.7 Å². The first-order chi connectivity index (χ1) is 9.47. The van der Waals surface area contributed by atoms with E-state index in [1.54, 1.807) is 0 Å². The van der Waals surface area contributed by atoms with Crippen molar-refractivity contribution in [1.82, 2.24) is 0 Å². The topological polar surface area (TPSA) is 39.1 Å². The summed E-state index contributed by atoms with van der Waals surface area (Å²) < 4.78 is 0. The van der Waals surface area contributed by atoms with Crippen LogP contribution in [0.25, 0.3) is 0 Å². The zero-order valence-corrected chi connectivity index (χ0v) is 13.5. The van der Waals surface area contributed by atoms with Crippen LogP contribution in [0.15, 0.2) is 18.2 Å². The summed E-state index contributed by atoms with van der Waals surface area (Å²) >= 11 is 0. The third-order valence-electron chi connectivity index (χ3n) is 3.39. The molecular formula is C17H29N3. The van der Waals surface area contributed by atoms with Gasteiger partial charge in [-0.05, 0) is 36.5 Å². The summed E-state index contributed by atoms with van der Waals surface area (Å²) in [4.78, 5) is 2.44. The number of nitrogens with one attached hydrogen (secondary N) is 2. The van der Waals surface area contributed by atoms with Crippen LogP contribution in [0, 0.1) is 17.2 Å². The predicted molar refractivity (Wildman–Crippen MR) is 90.4 cm³/mol. The van der Waals surface area contributed by atoms with E-state index in [0.717, 1.165) is 24.3 Å². The fraction of sp³-hybridized carbons (Fsp3) is 0.588. The van der Waals surface area contributed by atoms with E-state index in [9.17, 15) is 0 Å². The molecule has 0 amide bonds. The van der Waals surface area contributed by atoms with Crippen molar-refractivity contribution in [3.63, 3.8) is 0 Å². The van der Waals surface area contributed by atoms with Crippen molar-refractivity contribution in [3.05, 3.63) is 23.8 Å². The molecule has 1 rings (SSSR count). The van der Waals surface area contributed by atoms with Gasteiger partial charge in [-0.25, -0.2) is 0 Å². The zero-order valence-electron chi connectivity index (χ0n) is 13.5. The Bertz CT molecular complexity index is 424. The summed E-state index contributed by atoms with van der Waals surface area (Å²) in [6.07, 6.45) is 2.62. The number of hydrogen-bond donors (Lipinski definition) is 2. The molecule has 0 aliphatic heterocycles. The summed E-state index contributed by atoms with van der Waals surface area (Å²) in [6, 6.07) is 6.33. The second-order valence-electron chi connectivity index (χ2n) is 6.19. The van der Waals surface area contributed by atoms with Gasteiger partial charge in [0.1, 0.15) is 0 Å². The van der Waals surface area contributed by atoms with Gasteiger partial charge >= 0.3 is 0 Å². The Morgan fingerprint density at radius 3 is 2.40 bits per heavy atom. The van der Waals surface area contributed by atoms with E-state index in [4.69, 9.17) is 5.41 Å². The maximum Gasteiger partial charge on any atom is 0.0428 e. The summed E-state index contributed by atoms with van der Waals surface area (Å²) in [6.45, 7) is 11.2. The second kappa shape index (κ2) is 7.93. The molecule has 2 N–H and O–H groups in total. The average molecular weight is 275 g/mol. The number of rotatable bonds is 8. The highest BCUT2D eigenvalue weighted by Gasteiger charge is 2.11. The molecule has 0 aliphatic rings. The van der Waals surface area contributed by atoms with Crippen LogP contribution in [-0.4, -0.2) is 26.4 Å². The van der Waals surface area contributed by atoms with Gasteiger partial charge in [0.05, 0.1) is 0 Å². The molecule has 3 nitrogen and oxygen atoms in total. The van der Waals surface area contributed by atoms with Crippen molar-refractivity contribution in [2.24, 2.45) is 11.8 Å². The number of nitrogens with zero attached hydrogens (tertiary/aromatic N) is 1. The normalized spacial score (nSPS) is 10.9. The Hall–Kier alpha value is -1.51. The van der Waals surface area contributed by atoms with Crippen LogP contribution in [0.3, 0.4) is 0 Å². The first kappa shape index (κ1) is 16.5. The molecule has 0 atom stereocenters. The standard InChI is InChI=1S/C17H29N3/c1-13(2)8-9-20(12-14(3)4)16-6-7-17(19-5)15(10-16)11-18/h6-7,10-11,13-14,18-19H,8-9,12H2,1-5H3. The van der Waals surface area contributed by atoms with Gasteiger partial charge in [-0.3, -0.25) is 0 Å². The average Bonchev–Trinajstić information content (AvgIpc) is 2.42. The molecule has 0 aliphatic carbocycles. The molecule has 0 heterocycles. The molecule has 0 spiro atoms. The van der Waals surface area contributed by atoms with E-state index in [0.29, 0.717) is 11.8 Å². The number of benzene rings is 1. The molecule has 0 unspecified atom stereocenters. The van der Waals surface area contributed by atoms with Crippen LogP contribution in [-0.2, 0) is 0 Å². The predicted octanol–water partition coefficient (Wildman–Crippen LogP) is 4.23. The molecule has 112 valence electrons. The summed E-state index contributed by atoms with van der Waals surface area (Å²) in [5, 5.41) is 10.7. The Kier molecular flexibility index (Phi) is 6.56. The maximum atomic E-state index is 7.55. The highest BCUT2D eigenvalue weighted by molar-refractivity contribution is 5.87. The molecule has 0 radical (unpaired) electrons. The molecule has 0 saturated heterocycles. The Labute approximate surface area is 123 Å². The lowest BCUT2D eigenvalue weighted by molar-refractivity contribution is 0.541. The molecule has 1 aromatic carbocycles. The lowest BCUT2D eigenvalue weighted by Crippen LogP contribution is -2.29. The van der Waals surface area contributed by atoms with E-state index < -0.39 is 0 Å². The lowest BCUT2D eigenvalue weighted by atomic mass is 10.1. The molecule has 0 saturated carbocycles. The van der Waals surface area contributed by atoms with Gasteiger partial charge in [0.25, 0.3) is 0 Å². The minimum atomic E-state index is 0.634. The van der Waals surface area contributed by atoms with E-state index in [1.165, 1.54) is 18.3 Å². The molecule has 3 heteroatoms. The minimum absolute atomic E-state index is 0.634. The van der Waals surface area contributed by atoms with E-state index >= 15 is 0 Å². The maximum absolute atomic E-state index is 7.55. The summed E-state index contributed by atoms with van der Waals surface area (Å²) in [5.74, 6) is 1.35. The van der Waals surface area contributed by atoms with Gasteiger partial charge < -0.3 is 15.6 Å². The molecule has 20 heavy (non-hydrogen) atoms. The lowest BCUT2D eigenvalue weighted by Gasteiger charge is -2.28. The molecular weight excluding hydrogens is 246 g/mol. The van der Waals surface area contributed by atoms with Gasteiger partial charge in [0.15, 0.2) is 0 Å². The Morgan fingerprint density at radius 1 is 1.20 bits per heavy atom. The van der Waals surface area contributed by atoms with Gasteiger partial charge in [0, 0.05) is 43.3 Å². The largest absolute Gasteiger partial charge is 0.388 e. The van der Waals surface area contributed by atoms with Crippen LogP contribution < -0.4 is 10.2 Å². The van der Waals surface area contributed by atoms with Crippen molar-refractivity contribution in [2.45, 2.75) is 34.1 Å². The van der Waals surface area contributed by atoms with Crippen LogP contribution in [0.5, 0.6) is 0 Å². The Balaban J connectivity index is 2.96. The number of anilines is 2. The van der Waals surface area contributed by atoms with E-state index in [2.05, 4.69) is 56.1 Å². The summed E-state index contributed by atoms with van der Waals surface area (Å²) in [5.41, 5.74) is 3.18. The van der Waals surface area contributed by atoms with Gasteiger partial charge in [-0.2, -0.15) is 0 Å². The van der Waals surface area contributed by atoms with Crippen molar-refractivity contribution < 1.29 is 0 Å². The van der Waals surface area contributed by atoms with Crippen molar-refractivity contribution in [3.8, 4) is 0 Å². The third kappa shape index (κ3) is 4.87. The van der Waals surface area contributed by atoms with E-state index in [-0.39, 0.29) is 0 Å². The fourth-order valence-electron chi connectivity index (χ4n) is 2.27. The SMILES string of the molecule is CNc1ccc(N(CCC(C)C)CC(C)C)cc1C=N. The first-order valence-corrected chi connectivity index (χ1v) is 7.55. The first-order valence-electron chi connectivity index (χ1n) is 7.55. The number of hydrogen-bond acceptors (Lipinski definition) is 3. The smallest absolute Gasteiger partial charge is 0.0428 e. The van der Waals surface area contributed by atoms with Crippen LogP contribution >= 0.6 is 0 Å². The van der Waals surface area contributed by atoms with Crippen molar-refractivity contribution in [1.29, 1.82) is 5.41 Å². The molecule has 0 fully saturated rings. The molecule has 0 aromatic heterocycles.